The third-order valence-electron chi connectivity index (χ3n) is 6.31. The van der Waals surface area contributed by atoms with E-state index in [4.69, 9.17) is 22.4 Å². The molecule has 0 spiro atoms. The van der Waals surface area contributed by atoms with Crippen LogP contribution in [0.2, 0.25) is 5.02 Å². The molecular weight excluding hydrogens is 436 g/mol. The summed E-state index contributed by atoms with van der Waals surface area (Å²) in [6.07, 6.45) is 6.12. The predicted octanol–water partition coefficient (Wildman–Crippen LogP) is 5.08. The lowest BCUT2D eigenvalue weighted by molar-refractivity contribution is 0.0950. The number of hydrogen-bond donors (Lipinski definition) is 2. The fourth-order valence-corrected chi connectivity index (χ4v) is 4.67. The molecule has 3 N–H and O–H groups in total. The lowest BCUT2D eigenvalue weighted by atomic mass is 10.1. The van der Waals surface area contributed by atoms with Gasteiger partial charge in [-0.05, 0) is 43.0 Å². The van der Waals surface area contributed by atoms with E-state index in [-0.39, 0.29) is 5.91 Å². The van der Waals surface area contributed by atoms with Crippen molar-refractivity contribution in [3.8, 4) is 11.3 Å². The van der Waals surface area contributed by atoms with Crippen molar-refractivity contribution in [3.05, 3.63) is 70.5 Å². The molecule has 1 amide bonds. The van der Waals surface area contributed by atoms with E-state index in [1.165, 1.54) is 19.2 Å². The minimum absolute atomic E-state index is 0.148. The van der Waals surface area contributed by atoms with Crippen LogP contribution in [-0.4, -0.2) is 25.7 Å². The number of nitrogen functional groups attached to an aromatic ring is 1. The zero-order valence-corrected chi connectivity index (χ0v) is 19.1. The van der Waals surface area contributed by atoms with Crippen molar-refractivity contribution in [1.29, 1.82) is 0 Å². The molecule has 5 rings (SSSR count). The zero-order valence-electron chi connectivity index (χ0n) is 18.4. The summed E-state index contributed by atoms with van der Waals surface area (Å²) < 4.78 is 2.02. The number of fused-ring (bicyclic) bond motifs is 1. The van der Waals surface area contributed by atoms with Crippen molar-refractivity contribution < 1.29 is 4.79 Å². The Morgan fingerprint density at radius 2 is 1.91 bits per heavy atom. The van der Waals surface area contributed by atoms with Crippen LogP contribution in [0.3, 0.4) is 0 Å². The number of aromatic nitrogens is 4. The summed E-state index contributed by atoms with van der Waals surface area (Å²) in [6.45, 7) is 2.30. The van der Waals surface area contributed by atoms with Crippen LogP contribution in [0.15, 0.2) is 48.8 Å². The number of nitrogens with two attached hydrogens (primary N) is 1. The minimum atomic E-state index is -0.148. The molecule has 2 heterocycles. The highest BCUT2D eigenvalue weighted by Crippen LogP contribution is 2.36. The van der Waals surface area contributed by atoms with Crippen molar-refractivity contribution in [3.63, 3.8) is 0 Å². The highest BCUT2D eigenvalue weighted by Gasteiger charge is 2.24. The lowest BCUT2D eigenvalue weighted by Gasteiger charge is -2.10. The van der Waals surface area contributed by atoms with E-state index in [1.54, 1.807) is 12.1 Å². The number of nitrogens with zero attached hydrogens (tertiary/aromatic N) is 4. The van der Waals surface area contributed by atoms with Gasteiger partial charge in [-0.2, -0.15) is 5.10 Å². The van der Waals surface area contributed by atoms with Gasteiger partial charge in [0.25, 0.3) is 5.91 Å². The van der Waals surface area contributed by atoms with Crippen LogP contribution in [0.25, 0.3) is 22.3 Å². The number of rotatable bonds is 5. The molecule has 2 aromatic carbocycles. The molecule has 1 saturated carbocycles. The van der Waals surface area contributed by atoms with Crippen molar-refractivity contribution in [2.75, 3.05) is 5.73 Å². The van der Waals surface area contributed by atoms with E-state index in [2.05, 4.69) is 15.3 Å². The Bertz CT molecular complexity index is 1320. The van der Waals surface area contributed by atoms with Crippen molar-refractivity contribution in [1.82, 2.24) is 25.1 Å². The van der Waals surface area contributed by atoms with Crippen LogP contribution in [0.5, 0.6) is 0 Å². The first kappa shape index (κ1) is 21.4. The maximum atomic E-state index is 12.6. The standard InChI is InChI=1S/C25H25ClN6O/c1-15-6-11-18(26)12-20(15)25(33)28-13-16-7-9-17(10-8-16)22-21-23(27)29-14-30-24(21)32(31-22)19-4-2-3-5-19/h6-12,14,19H,2-5,13H2,1H3,(H,28,33)(H2,27,29,30). The van der Waals surface area contributed by atoms with Crippen LogP contribution in [0, 0.1) is 6.92 Å². The molecule has 168 valence electrons. The summed E-state index contributed by atoms with van der Waals surface area (Å²) in [6, 6.07) is 13.6. The van der Waals surface area contributed by atoms with E-state index in [1.807, 2.05) is 41.9 Å². The summed E-state index contributed by atoms with van der Waals surface area (Å²) in [4.78, 5) is 21.3. The Balaban J connectivity index is 1.39. The van der Waals surface area contributed by atoms with E-state index < -0.39 is 0 Å². The van der Waals surface area contributed by atoms with Gasteiger partial charge in [-0.1, -0.05) is 54.8 Å². The van der Waals surface area contributed by atoms with E-state index in [0.717, 1.165) is 46.3 Å². The number of amides is 1. The molecule has 0 aliphatic heterocycles. The molecule has 0 atom stereocenters. The molecule has 1 aliphatic rings. The van der Waals surface area contributed by atoms with Crippen molar-refractivity contribution >= 4 is 34.4 Å². The highest BCUT2D eigenvalue weighted by atomic mass is 35.5. The number of anilines is 1. The van der Waals surface area contributed by atoms with Crippen LogP contribution in [0.4, 0.5) is 5.82 Å². The summed E-state index contributed by atoms with van der Waals surface area (Å²) in [7, 11) is 0. The fourth-order valence-electron chi connectivity index (χ4n) is 4.50. The Hall–Kier alpha value is -3.45. The Kier molecular flexibility index (Phi) is 5.72. The second-order valence-corrected chi connectivity index (χ2v) is 8.96. The van der Waals surface area contributed by atoms with Gasteiger partial charge in [0, 0.05) is 22.7 Å². The lowest BCUT2D eigenvalue weighted by Crippen LogP contribution is -2.23. The van der Waals surface area contributed by atoms with Gasteiger partial charge in [0.2, 0.25) is 0 Å². The highest BCUT2D eigenvalue weighted by molar-refractivity contribution is 6.31. The average molecular weight is 461 g/mol. The van der Waals surface area contributed by atoms with Gasteiger partial charge in [0.15, 0.2) is 5.65 Å². The molecular formula is C25H25ClN6O. The first-order valence-electron chi connectivity index (χ1n) is 11.1. The number of hydrogen-bond acceptors (Lipinski definition) is 5. The minimum Gasteiger partial charge on any atom is -0.383 e. The largest absolute Gasteiger partial charge is 0.383 e. The second kappa shape index (κ2) is 8.83. The maximum Gasteiger partial charge on any atom is 0.251 e. The van der Waals surface area contributed by atoms with Crippen LogP contribution in [0.1, 0.15) is 53.2 Å². The zero-order chi connectivity index (χ0) is 22.9. The van der Waals surface area contributed by atoms with Crippen LogP contribution in [-0.2, 0) is 6.54 Å². The predicted molar refractivity (Wildman–Crippen MR) is 130 cm³/mol. The van der Waals surface area contributed by atoms with Crippen LogP contribution >= 0.6 is 11.6 Å². The maximum absolute atomic E-state index is 12.6. The summed E-state index contributed by atoms with van der Waals surface area (Å²) >= 11 is 6.04. The molecule has 1 aliphatic carbocycles. The topological polar surface area (TPSA) is 98.7 Å². The third kappa shape index (κ3) is 4.16. The number of aryl methyl sites for hydroxylation is 1. The van der Waals surface area contributed by atoms with Crippen molar-refractivity contribution in [2.45, 2.75) is 45.2 Å². The quantitative estimate of drug-likeness (QED) is 0.432. The van der Waals surface area contributed by atoms with Crippen LogP contribution < -0.4 is 11.1 Å². The number of carbonyl (C=O) groups excluding carboxylic acids is 1. The molecule has 0 unspecified atom stereocenters. The average Bonchev–Trinajstić information content (AvgIpc) is 3.48. The number of benzene rings is 2. The summed E-state index contributed by atoms with van der Waals surface area (Å²) in [5.74, 6) is 0.290. The molecule has 2 aromatic heterocycles. The second-order valence-electron chi connectivity index (χ2n) is 8.53. The van der Waals surface area contributed by atoms with E-state index >= 15 is 0 Å². The van der Waals surface area contributed by atoms with Gasteiger partial charge in [-0.3, -0.25) is 4.79 Å². The Morgan fingerprint density at radius 1 is 1.15 bits per heavy atom. The first-order chi connectivity index (χ1) is 16.0. The SMILES string of the molecule is Cc1ccc(Cl)cc1C(=O)NCc1ccc(-c2nn(C3CCCC3)c3ncnc(N)c23)cc1. The fraction of sp³-hybridized carbons (Fsp3) is 0.280. The molecule has 4 aromatic rings. The third-order valence-corrected chi connectivity index (χ3v) is 6.55. The molecule has 0 bridgehead atoms. The van der Waals surface area contributed by atoms with Gasteiger partial charge in [0.05, 0.1) is 11.4 Å². The van der Waals surface area contributed by atoms with Gasteiger partial charge in [0.1, 0.15) is 17.8 Å². The van der Waals surface area contributed by atoms with Gasteiger partial charge in [-0.25, -0.2) is 14.6 Å². The van der Waals surface area contributed by atoms with E-state index in [9.17, 15) is 4.79 Å². The Morgan fingerprint density at radius 3 is 2.67 bits per heavy atom. The van der Waals surface area contributed by atoms with E-state index in [0.29, 0.717) is 29.0 Å². The van der Waals surface area contributed by atoms with Crippen molar-refractivity contribution in [2.24, 2.45) is 0 Å². The smallest absolute Gasteiger partial charge is 0.251 e. The number of carbonyl (C=O) groups is 1. The normalized spacial score (nSPS) is 14.1. The Labute approximate surface area is 197 Å². The van der Waals surface area contributed by atoms with Gasteiger partial charge in [-0.15, -0.1) is 0 Å². The monoisotopic (exact) mass is 460 g/mol. The molecule has 8 heteroatoms. The van der Waals surface area contributed by atoms with Gasteiger partial charge < -0.3 is 11.1 Å². The summed E-state index contributed by atoms with van der Waals surface area (Å²) in [5.41, 5.74) is 11.2. The molecule has 1 fully saturated rings. The number of halogens is 1. The summed E-state index contributed by atoms with van der Waals surface area (Å²) in [5, 5.41) is 9.22. The molecule has 0 saturated heterocycles. The molecule has 7 nitrogen and oxygen atoms in total. The molecule has 33 heavy (non-hydrogen) atoms. The first-order valence-corrected chi connectivity index (χ1v) is 11.5. The number of nitrogens with one attached hydrogen (secondary N) is 1. The van der Waals surface area contributed by atoms with Gasteiger partial charge >= 0.3 is 0 Å². The molecule has 0 radical (unpaired) electrons.